The minimum atomic E-state index is -0.461. The van der Waals surface area contributed by atoms with Crippen LogP contribution >= 0.6 is 0 Å². The average Bonchev–Trinajstić information content (AvgIpc) is 2.47. The molecule has 1 aromatic carbocycles. The number of allylic oxidation sites excluding steroid dienone is 2. The first-order chi connectivity index (χ1) is 9.74. The average molecular weight is 274 g/mol. The Morgan fingerprint density at radius 3 is 2.75 bits per heavy atom. The van der Waals surface area contributed by atoms with Crippen molar-refractivity contribution in [2.45, 2.75) is 25.8 Å². The number of benzene rings is 1. The highest BCUT2D eigenvalue weighted by molar-refractivity contribution is 5.75. The Balaban J connectivity index is 1.70. The Morgan fingerprint density at radius 2 is 2.10 bits per heavy atom. The van der Waals surface area contributed by atoms with Gasteiger partial charge in [0.2, 0.25) is 0 Å². The molecule has 3 N–H and O–H groups in total. The van der Waals surface area contributed by atoms with Crippen molar-refractivity contribution in [1.29, 1.82) is 0 Å². The fourth-order valence-electron chi connectivity index (χ4n) is 2.32. The molecule has 0 spiro atoms. The van der Waals surface area contributed by atoms with Gasteiger partial charge >= 0.3 is 0 Å². The second-order valence-corrected chi connectivity index (χ2v) is 5.18. The fraction of sp³-hybridized carbons (Fsp3) is 0.438. The predicted molar refractivity (Wildman–Crippen MR) is 79.3 cm³/mol. The smallest absolute Gasteiger partial charge is 0.255 e. The predicted octanol–water partition coefficient (Wildman–Crippen LogP) is 2.00. The largest absolute Gasteiger partial charge is 0.484 e. The highest BCUT2D eigenvalue weighted by Gasteiger charge is 2.08. The molecule has 1 unspecified atom stereocenters. The molecule has 0 heterocycles. The molecule has 2 rings (SSSR count). The van der Waals surface area contributed by atoms with Crippen LogP contribution in [0, 0.1) is 5.92 Å². The van der Waals surface area contributed by atoms with Crippen LogP contribution in [0.2, 0.25) is 0 Å². The van der Waals surface area contributed by atoms with E-state index in [9.17, 15) is 4.79 Å². The van der Waals surface area contributed by atoms with E-state index in [0.29, 0.717) is 5.75 Å². The molecule has 108 valence electrons. The zero-order valence-electron chi connectivity index (χ0n) is 11.7. The fourth-order valence-corrected chi connectivity index (χ4v) is 2.32. The summed E-state index contributed by atoms with van der Waals surface area (Å²) in [5.41, 5.74) is 6.24. The Hall–Kier alpha value is -1.81. The number of amides is 1. The molecule has 0 radical (unpaired) electrons. The molecule has 1 atom stereocenters. The van der Waals surface area contributed by atoms with Crippen molar-refractivity contribution in [1.82, 2.24) is 5.32 Å². The lowest BCUT2D eigenvalue weighted by Crippen LogP contribution is -2.23. The maximum absolute atomic E-state index is 10.6. The molecule has 4 nitrogen and oxygen atoms in total. The first-order valence-corrected chi connectivity index (χ1v) is 7.10. The summed E-state index contributed by atoms with van der Waals surface area (Å²) in [6.07, 6.45) is 8.22. The van der Waals surface area contributed by atoms with E-state index in [2.05, 4.69) is 17.5 Å². The van der Waals surface area contributed by atoms with Gasteiger partial charge in [-0.1, -0.05) is 24.3 Å². The van der Waals surface area contributed by atoms with Crippen molar-refractivity contribution in [2.75, 3.05) is 13.2 Å². The van der Waals surface area contributed by atoms with Crippen molar-refractivity contribution < 1.29 is 9.53 Å². The number of nitrogens with two attached hydrogens (primary N) is 1. The van der Waals surface area contributed by atoms with E-state index in [1.165, 1.54) is 24.8 Å². The van der Waals surface area contributed by atoms with Crippen molar-refractivity contribution in [3.05, 3.63) is 42.0 Å². The normalized spacial score (nSPS) is 17.9. The second kappa shape index (κ2) is 7.70. The summed E-state index contributed by atoms with van der Waals surface area (Å²) in [4.78, 5) is 10.6. The molecule has 1 aliphatic rings. The quantitative estimate of drug-likeness (QED) is 0.747. The zero-order chi connectivity index (χ0) is 14.2. The van der Waals surface area contributed by atoms with E-state index in [-0.39, 0.29) is 6.61 Å². The Bertz CT molecular complexity index is 454. The molecule has 0 saturated carbocycles. The third kappa shape index (κ3) is 5.05. The molecule has 0 fully saturated rings. The summed E-state index contributed by atoms with van der Waals surface area (Å²) >= 11 is 0. The van der Waals surface area contributed by atoms with Crippen LogP contribution in [0.1, 0.15) is 24.8 Å². The van der Waals surface area contributed by atoms with Gasteiger partial charge in [-0.25, -0.2) is 0 Å². The van der Waals surface area contributed by atoms with E-state index in [1.807, 2.05) is 24.3 Å². The van der Waals surface area contributed by atoms with Gasteiger partial charge in [-0.05, 0) is 49.4 Å². The molecule has 4 heteroatoms. The molecule has 0 aliphatic heterocycles. The van der Waals surface area contributed by atoms with Crippen LogP contribution in [0.25, 0.3) is 0 Å². The van der Waals surface area contributed by atoms with Gasteiger partial charge in [-0.15, -0.1) is 0 Å². The molecular weight excluding hydrogens is 252 g/mol. The van der Waals surface area contributed by atoms with E-state index in [1.54, 1.807) is 0 Å². The third-order valence-corrected chi connectivity index (χ3v) is 3.44. The van der Waals surface area contributed by atoms with E-state index >= 15 is 0 Å². The van der Waals surface area contributed by atoms with Crippen LogP contribution in [-0.2, 0) is 11.3 Å². The number of ether oxygens (including phenoxy) is 1. The molecule has 1 aromatic rings. The monoisotopic (exact) mass is 274 g/mol. The highest BCUT2D eigenvalue weighted by atomic mass is 16.5. The van der Waals surface area contributed by atoms with Crippen molar-refractivity contribution in [3.8, 4) is 5.75 Å². The maximum Gasteiger partial charge on any atom is 0.255 e. The summed E-state index contributed by atoms with van der Waals surface area (Å²) in [6, 6.07) is 7.74. The molecular formula is C16H22N2O2. The minimum absolute atomic E-state index is 0.0766. The number of carbonyl (C=O) groups is 1. The summed E-state index contributed by atoms with van der Waals surface area (Å²) in [7, 11) is 0. The summed E-state index contributed by atoms with van der Waals surface area (Å²) in [6.45, 7) is 1.84. The number of nitrogens with one attached hydrogen (secondary N) is 1. The molecule has 0 bridgehead atoms. The van der Waals surface area contributed by atoms with E-state index in [4.69, 9.17) is 10.5 Å². The second-order valence-electron chi connectivity index (χ2n) is 5.18. The van der Waals surface area contributed by atoms with Gasteiger partial charge in [0.1, 0.15) is 5.75 Å². The lowest BCUT2D eigenvalue weighted by Gasteiger charge is -2.18. The summed E-state index contributed by atoms with van der Waals surface area (Å²) < 4.78 is 5.22. The third-order valence-electron chi connectivity index (χ3n) is 3.44. The Morgan fingerprint density at radius 1 is 1.30 bits per heavy atom. The Kier molecular flexibility index (Phi) is 5.62. The van der Waals surface area contributed by atoms with Crippen LogP contribution in [0.4, 0.5) is 0 Å². The van der Waals surface area contributed by atoms with Crippen LogP contribution < -0.4 is 15.8 Å². The molecule has 1 aliphatic carbocycles. The topological polar surface area (TPSA) is 64.4 Å². The zero-order valence-corrected chi connectivity index (χ0v) is 11.7. The Labute approximate surface area is 120 Å². The maximum atomic E-state index is 10.6. The molecule has 20 heavy (non-hydrogen) atoms. The van der Waals surface area contributed by atoms with Crippen molar-refractivity contribution in [3.63, 3.8) is 0 Å². The van der Waals surface area contributed by atoms with E-state index < -0.39 is 5.91 Å². The first-order valence-electron chi connectivity index (χ1n) is 7.10. The van der Waals surface area contributed by atoms with Gasteiger partial charge in [-0.3, -0.25) is 4.79 Å². The van der Waals surface area contributed by atoms with Gasteiger partial charge in [0, 0.05) is 6.54 Å². The number of primary amides is 1. The SMILES string of the molecule is NC(=O)COc1ccc(CNCC2CC=CCC2)cc1. The number of carbonyl (C=O) groups excluding carboxylic acids is 1. The lowest BCUT2D eigenvalue weighted by molar-refractivity contribution is -0.119. The number of hydrogen-bond donors (Lipinski definition) is 2. The van der Waals surface area contributed by atoms with Gasteiger partial charge < -0.3 is 15.8 Å². The van der Waals surface area contributed by atoms with Gasteiger partial charge in [0.05, 0.1) is 0 Å². The number of rotatable bonds is 7. The standard InChI is InChI=1S/C16H22N2O2/c17-16(19)12-20-15-8-6-14(7-9-15)11-18-10-13-4-2-1-3-5-13/h1-2,6-9,13,18H,3-5,10-12H2,(H2,17,19). The van der Waals surface area contributed by atoms with Gasteiger partial charge in [0.15, 0.2) is 6.61 Å². The molecule has 1 amide bonds. The lowest BCUT2D eigenvalue weighted by atomic mass is 9.94. The minimum Gasteiger partial charge on any atom is -0.484 e. The van der Waals surface area contributed by atoms with Gasteiger partial charge in [0.25, 0.3) is 5.91 Å². The summed E-state index contributed by atoms with van der Waals surface area (Å²) in [5, 5.41) is 3.49. The van der Waals surface area contributed by atoms with Crippen LogP contribution in [0.15, 0.2) is 36.4 Å². The summed E-state index contributed by atoms with van der Waals surface area (Å²) in [5.74, 6) is 0.973. The highest BCUT2D eigenvalue weighted by Crippen LogP contribution is 2.17. The van der Waals surface area contributed by atoms with Crippen LogP contribution in [-0.4, -0.2) is 19.1 Å². The number of hydrogen-bond acceptors (Lipinski definition) is 3. The van der Waals surface area contributed by atoms with Crippen LogP contribution in [0.5, 0.6) is 5.75 Å². The van der Waals surface area contributed by atoms with Crippen molar-refractivity contribution in [2.24, 2.45) is 11.7 Å². The van der Waals surface area contributed by atoms with Gasteiger partial charge in [-0.2, -0.15) is 0 Å². The first kappa shape index (κ1) is 14.6. The van der Waals surface area contributed by atoms with Crippen molar-refractivity contribution >= 4 is 5.91 Å². The van der Waals surface area contributed by atoms with E-state index in [0.717, 1.165) is 19.0 Å². The van der Waals surface area contributed by atoms with Crippen LogP contribution in [0.3, 0.4) is 0 Å². The molecule has 0 aromatic heterocycles. The molecule has 0 saturated heterocycles.